The van der Waals surface area contributed by atoms with Gasteiger partial charge < -0.3 is 14.6 Å². The Bertz CT molecular complexity index is 1190. The van der Waals surface area contributed by atoms with E-state index in [0.29, 0.717) is 12.1 Å². The van der Waals surface area contributed by atoms with Gasteiger partial charge >= 0.3 is 0 Å². The number of anilines is 1. The molecule has 2 atom stereocenters. The molecule has 156 valence electrons. The number of nitrogens with one attached hydrogen (secondary N) is 1. The quantitative estimate of drug-likeness (QED) is 0.541. The molecule has 7 nitrogen and oxygen atoms in total. The number of aromatic nitrogens is 4. The van der Waals surface area contributed by atoms with E-state index in [2.05, 4.69) is 49.0 Å². The van der Waals surface area contributed by atoms with Crippen LogP contribution in [-0.4, -0.2) is 57.1 Å². The molecule has 7 heteroatoms. The van der Waals surface area contributed by atoms with Crippen LogP contribution in [0.5, 0.6) is 5.75 Å². The van der Waals surface area contributed by atoms with Crippen LogP contribution in [0.25, 0.3) is 22.3 Å². The van der Waals surface area contributed by atoms with Crippen LogP contribution in [0.2, 0.25) is 0 Å². The molecule has 1 aromatic carbocycles. The lowest BCUT2D eigenvalue weighted by Gasteiger charge is -2.56. The number of hydrogen-bond donors (Lipinski definition) is 1. The third-order valence-electron chi connectivity index (χ3n) is 6.57. The second-order valence-corrected chi connectivity index (χ2v) is 8.34. The van der Waals surface area contributed by atoms with Gasteiger partial charge in [0.25, 0.3) is 0 Å². The maximum atomic E-state index is 5.27. The van der Waals surface area contributed by atoms with Crippen molar-refractivity contribution < 1.29 is 4.74 Å². The summed E-state index contributed by atoms with van der Waals surface area (Å²) in [5, 5.41) is 1.02. The number of piperidine rings is 1. The summed E-state index contributed by atoms with van der Waals surface area (Å²) in [6, 6.07) is 15.8. The van der Waals surface area contributed by atoms with Gasteiger partial charge in [-0.05, 0) is 42.3 Å². The summed E-state index contributed by atoms with van der Waals surface area (Å²) >= 11 is 0. The lowest BCUT2D eigenvalue weighted by atomic mass is 9.86. The minimum atomic E-state index is 0.587. The van der Waals surface area contributed by atoms with Crippen molar-refractivity contribution in [2.24, 2.45) is 0 Å². The summed E-state index contributed by atoms with van der Waals surface area (Å²) in [4.78, 5) is 21.7. The summed E-state index contributed by atoms with van der Waals surface area (Å²) in [5.41, 5.74) is 4.12. The summed E-state index contributed by atoms with van der Waals surface area (Å²) in [6.45, 7) is 3.04. The molecule has 2 bridgehead atoms. The fraction of sp³-hybridized carbons (Fsp3) is 0.292. The first kappa shape index (κ1) is 18.3. The largest absolute Gasteiger partial charge is 0.497 e. The minimum absolute atomic E-state index is 0.587. The maximum absolute atomic E-state index is 5.27. The zero-order valence-corrected chi connectivity index (χ0v) is 17.4. The molecule has 0 spiro atoms. The number of pyridine rings is 1. The number of fused-ring (bicyclic) bond motifs is 3. The second-order valence-electron chi connectivity index (χ2n) is 8.34. The number of rotatable bonds is 5. The van der Waals surface area contributed by atoms with Crippen molar-refractivity contribution in [3.8, 4) is 17.0 Å². The molecule has 3 fully saturated rings. The number of nitrogens with zero attached hydrogens (tertiary/aromatic N) is 5. The maximum Gasteiger partial charge on any atom is 0.141 e. The average molecular weight is 412 g/mol. The van der Waals surface area contributed by atoms with Crippen molar-refractivity contribution >= 4 is 16.9 Å². The molecule has 2 unspecified atom stereocenters. The number of aromatic amines is 1. The lowest BCUT2D eigenvalue weighted by molar-refractivity contribution is -0.00868. The average Bonchev–Trinajstić information content (AvgIpc) is 3.32. The van der Waals surface area contributed by atoms with Crippen LogP contribution < -0.4 is 9.64 Å². The Morgan fingerprint density at radius 2 is 1.84 bits per heavy atom. The van der Waals surface area contributed by atoms with Crippen LogP contribution in [0, 0.1) is 0 Å². The van der Waals surface area contributed by atoms with Gasteiger partial charge in [0.15, 0.2) is 0 Å². The second kappa shape index (κ2) is 7.35. The molecule has 0 aliphatic carbocycles. The molecule has 3 aliphatic heterocycles. The van der Waals surface area contributed by atoms with Gasteiger partial charge in [-0.1, -0.05) is 12.1 Å². The first-order valence-electron chi connectivity index (χ1n) is 10.7. The Balaban J connectivity index is 1.14. The molecular weight excluding hydrogens is 388 g/mol. The van der Waals surface area contributed by atoms with E-state index in [4.69, 9.17) is 9.72 Å². The summed E-state index contributed by atoms with van der Waals surface area (Å²) < 4.78 is 5.27. The Kier molecular flexibility index (Phi) is 4.35. The van der Waals surface area contributed by atoms with Gasteiger partial charge in [-0.25, -0.2) is 15.0 Å². The van der Waals surface area contributed by atoms with E-state index in [-0.39, 0.29) is 0 Å². The predicted molar refractivity (Wildman–Crippen MR) is 120 cm³/mol. The first-order valence-corrected chi connectivity index (χ1v) is 10.7. The van der Waals surface area contributed by atoms with Crippen LogP contribution in [0.15, 0.2) is 61.2 Å². The third-order valence-corrected chi connectivity index (χ3v) is 6.57. The van der Waals surface area contributed by atoms with Crippen molar-refractivity contribution in [3.63, 3.8) is 0 Å². The van der Waals surface area contributed by atoms with Crippen molar-refractivity contribution in [3.05, 3.63) is 66.7 Å². The van der Waals surface area contributed by atoms with E-state index in [9.17, 15) is 0 Å². The topological polar surface area (TPSA) is 70.2 Å². The highest BCUT2D eigenvalue weighted by Crippen LogP contribution is 2.36. The fourth-order valence-electron chi connectivity index (χ4n) is 4.89. The van der Waals surface area contributed by atoms with Crippen LogP contribution in [-0.2, 0) is 6.54 Å². The van der Waals surface area contributed by atoms with E-state index in [1.54, 1.807) is 13.4 Å². The summed E-state index contributed by atoms with van der Waals surface area (Å²) in [5.74, 6) is 1.95. The van der Waals surface area contributed by atoms with E-state index in [1.165, 1.54) is 12.0 Å². The SMILES string of the molecule is COc1ccc(CN2C3CC2CN(c2ccc(-c4ncnc5[nH]ccc45)cn2)C3)cc1. The number of piperazine rings is 1. The monoisotopic (exact) mass is 412 g/mol. The third kappa shape index (κ3) is 3.21. The van der Waals surface area contributed by atoms with E-state index in [1.807, 2.05) is 30.6 Å². The molecule has 4 aromatic rings. The van der Waals surface area contributed by atoms with Crippen molar-refractivity contribution in [1.29, 1.82) is 0 Å². The van der Waals surface area contributed by atoms with Gasteiger partial charge in [0.2, 0.25) is 0 Å². The van der Waals surface area contributed by atoms with E-state index >= 15 is 0 Å². The van der Waals surface area contributed by atoms with Gasteiger partial charge in [0.05, 0.1) is 12.8 Å². The molecule has 3 aromatic heterocycles. The van der Waals surface area contributed by atoms with Gasteiger partial charge in [-0.15, -0.1) is 0 Å². The first-order chi connectivity index (χ1) is 15.3. The van der Waals surface area contributed by atoms with Crippen LogP contribution >= 0.6 is 0 Å². The van der Waals surface area contributed by atoms with E-state index < -0.39 is 0 Å². The zero-order valence-electron chi connectivity index (χ0n) is 17.4. The molecule has 0 saturated carbocycles. The molecule has 6 heterocycles. The lowest BCUT2D eigenvalue weighted by Crippen LogP contribution is -2.68. The molecule has 1 N–H and O–H groups in total. The Labute approximate surface area is 180 Å². The van der Waals surface area contributed by atoms with Crippen LogP contribution in [0.4, 0.5) is 5.82 Å². The van der Waals surface area contributed by atoms with Crippen LogP contribution in [0.1, 0.15) is 12.0 Å². The van der Waals surface area contributed by atoms with Crippen molar-refractivity contribution in [2.45, 2.75) is 25.0 Å². The molecule has 3 aliphatic rings. The molecule has 31 heavy (non-hydrogen) atoms. The Morgan fingerprint density at radius 3 is 2.58 bits per heavy atom. The summed E-state index contributed by atoms with van der Waals surface area (Å²) in [6.07, 6.45) is 6.69. The fourth-order valence-corrected chi connectivity index (χ4v) is 4.89. The standard InChI is InChI=1S/C24H24N6O/c1-31-20-5-2-16(3-6-20)12-30-18-10-19(30)14-29(13-18)22-7-4-17(11-26-22)23-21-8-9-25-24(21)28-15-27-23/h2-9,11,15,18-19H,10,12-14H2,1H3,(H,25,27,28). The molecular formula is C24H24N6O. The number of benzene rings is 1. The highest BCUT2D eigenvalue weighted by molar-refractivity contribution is 5.90. The van der Waals surface area contributed by atoms with E-state index in [0.717, 1.165) is 53.5 Å². The molecule has 0 amide bonds. The zero-order chi connectivity index (χ0) is 20.8. The number of H-pyrrole nitrogens is 1. The normalized spacial score (nSPS) is 20.6. The Morgan fingerprint density at radius 1 is 1.00 bits per heavy atom. The van der Waals surface area contributed by atoms with Crippen LogP contribution in [0.3, 0.4) is 0 Å². The molecule has 3 saturated heterocycles. The smallest absolute Gasteiger partial charge is 0.141 e. The van der Waals surface area contributed by atoms with Crippen molar-refractivity contribution in [2.75, 3.05) is 25.1 Å². The van der Waals surface area contributed by atoms with Gasteiger partial charge in [0.1, 0.15) is 23.5 Å². The van der Waals surface area contributed by atoms with Gasteiger partial charge in [0, 0.05) is 55.1 Å². The highest BCUT2D eigenvalue weighted by atomic mass is 16.5. The number of ether oxygens (including phenoxy) is 1. The molecule has 0 radical (unpaired) electrons. The van der Waals surface area contributed by atoms with Gasteiger partial charge in [-0.2, -0.15) is 0 Å². The highest BCUT2D eigenvalue weighted by Gasteiger charge is 2.44. The summed E-state index contributed by atoms with van der Waals surface area (Å²) in [7, 11) is 1.71. The Hall–Kier alpha value is -3.45. The van der Waals surface area contributed by atoms with Gasteiger partial charge in [-0.3, -0.25) is 4.90 Å². The van der Waals surface area contributed by atoms with Crippen molar-refractivity contribution in [1.82, 2.24) is 24.8 Å². The number of hydrogen-bond acceptors (Lipinski definition) is 6. The minimum Gasteiger partial charge on any atom is -0.497 e. The number of methoxy groups -OCH3 is 1. The molecule has 7 rings (SSSR count). The predicted octanol–water partition coefficient (Wildman–Crippen LogP) is 3.49.